The van der Waals surface area contributed by atoms with Crippen LogP contribution in [0.4, 0.5) is 5.69 Å². The lowest BCUT2D eigenvalue weighted by atomic mass is 10.2. The van der Waals surface area contributed by atoms with Crippen LogP contribution < -0.4 is 14.8 Å². The Kier molecular flexibility index (Phi) is 6.70. The summed E-state index contributed by atoms with van der Waals surface area (Å²) < 4.78 is 10.4. The summed E-state index contributed by atoms with van der Waals surface area (Å²) in [6, 6.07) is 5.45. The fourth-order valence-corrected chi connectivity index (χ4v) is 1.78. The van der Waals surface area contributed by atoms with E-state index in [1.54, 1.807) is 19.1 Å². The van der Waals surface area contributed by atoms with Crippen LogP contribution in [-0.2, 0) is 4.79 Å². The first-order valence-electron chi connectivity index (χ1n) is 6.82. The quantitative estimate of drug-likeness (QED) is 0.794. The second kappa shape index (κ2) is 8.30. The van der Waals surface area contributed by atoms with Crippen molar-refractivity contribution < 1.29 is 14.3 Å². The highest BCUT2D eigenvalue weighted by molar-refractivity contribution is 5.81. The Hall–Kier alpha value is -1.91. The summed E-state index contributed by atoms with van der Waals surface area (Å²) in [5.74, 6) is 1.47. The first-order chi connectivity index (χ1) is 9.62. The molecule has 112 valence electrons. The Labute approximate surface area is 120 Å². The van der Waals surface area contributed by atoms with Gasteiger partial charge in [0.15, 0.2) is 0 Å². The summed E-state index contributed by atoms with van der Waals surface area (Å²) >= 11 is 0. The molecule has 0 bridgehead atoms. The molecule has 1 rings (SSSR count). The number of nitrogens with one attached hydrogen (secondary N) is 1. The molecule has 0 heterocycles. The van der Waals surface area contributed by atoms with Crippen molar-refractivity contribution >= 4 is 11.6 Å². The van der Waals surface area contributed by atoms with Gasteiger partial charge >= 0.3 is 0 Å². The average Bonchev–Trinajstić information content (AvgIpc) is 2.49. The second-order valence-corrected chi connectivity index (χ2v) is 4.59. The Bertz CT molecular complexity index is 435. The number of amides is 1. The predicted octanol–water partition coefficient (Wildman–Crippen LogP) is 2.37. The summed E-state index contributed by atoms with van der Waals surface area (Å²) in [6.45, 7) is 3.13. The van der Waals surface area contributed by atoms with Crippen LogP contribution in [0.3, 0.4) is 0 Å². The van der Waals surface area contributed by atoms with Crippen LogP contribution >= 0.6 is 0 Å². The molecule has 0 aliphatic heterocycles. The van der Waals surface area contributed by atoms with Crippen molar-refractivity contribution in [3.63, 3.8) is 0 Å². The Balaban J connectivity index is 2.62. The summed E-state index contributed by atoms with van der Waals surface area (Å²) in [5.41, 5.74) is 0.754. The smallest absolute Gasteiger partial charge is 0.241 e. The third-order valence-electron chi connectivity index (χ3n) is 3.11. The average molecular weight is 280 g/mol. The molecule has 0 aromatic heterocycles. The van der Waals surface area contributed by atoms with Crippen molar-refractivity contribution in [3.8, 4) is 11.5 Å². The van der Waals surface area contributed by atoms with Gasteiger partial charge < -0.3 is 19.7 Å². The molecule has 0 spiro atoms. The predicted molar refractivity (Wildman–Crippen MR) is 80.6 cm³/mol. The van der Waals surface area contributed by atoms with E-state index < -0.39 is 0 Å². The summed E-state index contributed by atoms with van der Waals surface area (Å²) in [5, 5.41) is 3.10. The van der Waals surface area contributed by atoms with Crippen molar-refractivity contribution in [3.05, 3.63) is 18.2 Å². The maximum absolute atomic E-state index is 12.0. The minimum absolute atomic E-state index is 0.0586. The van der Waals surface area contributed by atoms with Crippen LogP contribution in [-0.4, -0.2) is 45.2 Å². The van der Waals surface area contributed by atoms with Crippen molar-refractivity contribution in [2.24, 2.45) is 0 Å². The van der Waals surface area contributed by atoms with Gasteiger partial charge in [0.2, 0.25) is 5.91 Å². The summed E-state index contributed by atoms with van der Waals surface area (Å²) in [7, 11) is 5.03. The van der Waals surface area contributed by atoms with Crippen molar-refractivity contribution in [2.45, 2.75) is 19.8 Å². The number of carbonyl (C=O) groups excluding carboxylic acids is 1. The fraction of sp³-hybridized carbons (Fsp3) is 0.533. The number of carbonyl (C=O) groups is 1. The number of ether oxygens (including phenoxy) is 2. The Morgan fingerprint density at radius 3 is 2.65 bits per heavy atom. The molecule has 1 aromatic carbocycles. The highest BCUT2D eigenvalue weighted by Crippen LogP contribution is 2.28. The highest BCUT2D eigenvalue weighted by atomic mass is 16.5. The molecule has 5 nitrogen and oxygen atoms in total. The third kappa shape index (κ3) is 4.64. The van der Waals surface area contributed by atoms with Gasteiger partial charge in [-0.2, -0.15) is 0 Å². The normalized spacial score (nSPS) is 10.0. The van der Waals surface area contributed by atoms with E-state index in [-0.39, 0.29) is 12.5 Å². The van der Waals surface area contributed by atoms with Gasteiger partial charge in [-0.05, 0) is 18.6 Å². The van der Waals surface area contributed by atoms with E-state index in [0.29, 0.717) is 5.75 Å². The maximum atomic E-state index is 12.0. The standard InChI is InChI=1S/C15H24N2O3/c1-5-6-9-17(2)15(18)11-16-13-10-12(19-3)7-8-14(13)20-4/h7-8,10,16H,5-6,9,11H2,1-4H3. The third-order valence-corrected chi connectivity index (χ3v) is 3.11. The van der Waals surface area contributed by atoms with Gasteiger partial charge in [-0.15, -0.1) is 0 Å². The Morgan fingerprint density at radius 2 is 2.05 bits per heavy atom. The summed E-state index contributed by atoms with van der Waals surface area (Å²) in [4.78, 5) is 13.7. The molecule has 20 heavy (non-hydrogen) atoms. The minimum Gasteiger partial charge on any atom is -0.497 e. The number of hydrogen-bond acceptors (Lipinski definition) is 4. The lowest BCUT2D eigenvalue weighted by Gasteiger charge is -2.18. The molecule has 0 saturated carbocycles. The van der Waals surface area contributed by atoms with Gasteiger partial charge in [0, 0.05) is 19.7 Å². The molecule has 1 aromatic rings. The molecule has 0 radical (unpaired) electrons. The number of nitrogens with zero attached hydrogens (tertiary/aromatic N) is 1. The number of likely N-dealkylation sites (N-methyl/N-ethyl adjacent to an activating group) is 1. The van der Waals surface area contributed by atoms with E-state index in [1.807, 2.05) is 25.2 Å². The van der Waals surface area contributed by atoms with E-state index in [0.717, 1.165) is 30.8 Å². The van der Waals surface area contributed by atoms with Gasteiger partial charge in [0.1, 0.15) is 11.5 Å². The van der Waals surface area contributed by atoms with E-state index in [1.165, 1.54) is 0 Å². The van der Waals surface area contributed by atoms with Crippen LogP contribution in [0.25, 0.3) is 0 Å². The number of methoxy groups -OCH3 is 2. The first kappa shape index (κ1) is 16.1. The van der Waals surface area contributed by atoms with Crippen LogP contribution in [0, 0.1) is 0 Å². The van der Waals surface area contributed by atoms with E-state index in [9.17, 15) is 4.79 Å². The largest absolute Gasteiger partial charge is 0.497 e. The molecule has 0 saturated heterocycles. The minimum atomic E-state index is 0.0586. The van der Waals surface area contributed by atoms with Gasteiger partial charge in [0.25, 0.3) is 0 Å². The van der Waals surface area contributed by atoms with Crippen LogP contribution in [0.15, 0.2) is 18.2 Å². The lowest BCUT2D eigenvalue weighted by molar-refractivity contribution is -0.128. The lowest BCUT2D eigenvalue weighted by Crippen LogP contribution is -2.32. The maximum Gasteiger partial charge on any atom is 0.241 e. The number of benzene rings is 1. The van der Waals surface area contributed by atoms with Crippen molar-refractivity contribution in [1.29, 1.82) is 0 Å². The van der Waals surface area contributed by atoms with E-state index in [4.69, 9.17) is 9.47 Å². The van der Waals surface area contributed by atoms with E-state index >= 15 is 0 Å². The molecule has 0 fully saturated rings. The fourth-order valence-electron chi connectivity index (χ4n) is 1.78. The zero-order chi connectivity index (χ0) is 15.0. The number of rotatable bonds is 8. The molecule has 5 heteroatoms. The molecule has 0 unspecified atom stereocenters. The zero-order valence-corrected chi connectivity index (χ0v) is 12.7. The van der Waals surface area contributed by atoms with E-state index in [2.05, 4.69) is 12.2 Å². The van der Waals surface area contributed by atoms with Crippen molar-refractivity contribution in [1.82, 2.24) is 4.90 Å². The number of hydrogen-bond donors (Lipinski definition) is 1. The molecule has 0 atom stereocenters. The number of anilines is 1. The first-order valence-corrected chi connectivity index (χ1v) is 6.82. The molecule has 0 aliphatic carbocycles. The van der Waals surface area contributed by atoms with Crippen LogP contribution in [0.1, 0.15) is 19.8 Å². The SMILES string of the molecule is CCCCN(C)C(=O)CNc1cc(OC)ccc1OC. The molecule has 1 amide bonds. The number of unbranched alkanes of at least 4 members (excludes halogenated alkanes) is 1. The second-order valence-electron chi connectivity index (χ2n) is 4.59. The molecule has 1 N–H and O–H groups in total. The topological polar surface area (TPSA) is 50.8 Å². The van der Waals surface area contributed by atoms with Gasteiger partial charge in [-0.25, -0.2) is 0 Å². The molecule has 0 aliphatic rings. The van der Waals surface area contributed by atoms with Gasteiger partial charge in [0.05, 0.1) is 26.5 Å². The Morgan fingerprint density at radius 1 is 1.30 bits per heavy atom. The highest BCUT2D eigenvalue weighted by Gasteiger charge is 2.10. The van der Waals surface area contributed by atoms with Crippen molar-refractivity contribution in [2.75, 3.05) is 39.7 Å². The zero-order valence-electron chi connectivity index (χ0n) is 12.7. The van der Waals surface area contributed by atoms with Crippen LogP contribution in [0.2, 0.25) is 0 Å². The van der Waals surface area contributed by atoms with Gasteiger partial charge in [-0.1, -0.05) is 13.3 Å². The monoisotopic (exact) mass is 280 g/mol. The van der Waals surface area contributed by atoms with Crippen LogP contribution in [0.5, 0.6) is 11.5 Å². The molecular weight excluding hydrogens is 256 g/mol. The van der Waals surface area contributed by atoms with Gasteiger partial charge in [-0.3, -0.25) is 4.79 Å². The summed E-state index contributed by atoms with van der Waals surface area (Å²) in [6.07, 6.45) is 2.10. The molecular formula is C15H24N2O3.